The van der Waals surface area contributed by atoms with Gasteiger partial charge in [-0.05, 0) is 13.3 Å². The Kier molecular flexibility index (Phi) is 5.23. The highest BCUT2D eigenvalue weighted by molar-refractivity contribution is 8.00. The molecule has 3 aromatic rings. The lowest BCUT2D eigenvalue weighted by atomic mass is 10.3. The number of hydrogen-bond donors (Lipinski definition) is 1. The van der Waals surface area contributed by atoms with E-state index in [4.69, 9.17) is 0 Å². The zero-order valence-corrected chi connectivity index (χ0v) is 15.2. The lowest BCUT2D eigenvalue weighted by Crippen LogP contribution is -2.14. The van der Waals surface area contributed by atoms with Crippen LogP contribution in [0.15, 0.2) is 15.2 Å². The van der Waals surface area contributed by atoms with E-state index >= 15 is 0 Å². The molecule has 23 heavy (non-hydrogen) atoms. The number of hydrogen-bond acceptors (Lipinski definition) is 9. The van der Waals surface area contributed by atoms with Crippen LogP contribution in [0.25, 0.3) is 4.96 Å². The smallest absolute Gasteiger partial charge is 0.275 e. The standard InChI is InChI=1S/C13H16N6OS3/c1-3-4-5-14-11-16-17-13(23-11)21-7-9-18-19-10(20)6-8(2)15-12(19)22-9/h6H,3-5,7H2,1-2H3,(H,14,16). The number of thioether (sulfide) groups is 1. The molecule has 0 amide bonds. The predicted octanol–water partition coefficient (Wildman–Crippen LogP) is 2.82. The number of fused-ring (bicyclic) bond motifs is 1. The molecule has 10 heteroatoms. The van der Waals surface area contributed by atoms with E-state index in [1.54, 1.807) is 11.8 Å². The first-order valence-electron chi connectivity index (χ1n) is 7.22. The van der Waals surface area contributed by atoms with Gasteiger partial charge in [-0.2, -0.15) is 9.61 Å². The molecule has 0 aromatic carbocycles. The summed E-state index contributed by atoms with van der Waals surface area (Å²) in [7, 11) is 0. The Morgan fingerprint density at radius 3 is 3.04 bits per heavy atom. The van der Waals surface area contributed by atoms with E-state index in [0.29, 0.717) is 16.4 Å². The average Bonchev–Trinajstić information content (AvgIpc) is 3.12. The van der Waals surface area contributed by atoms with Crippen LogP contribution in [-0.4, -0.2) is 31.3 Å². The molecule has 122 valence electrons. The van der Waals surface area contributed by atoms with Crippen molar-refractivity contribution in [1.82, 2.24) is 24.8 Å². The van der Waals surface area contributed by atoms with Crippen molar-refractivity contribution < 1.29 is 0 Å². The maximum atomic E-state index is 11.8. The Labute approximate surface area is 145 Å². The van der Waals surface area contributed by atoms with Gasteiger partial charge >= 0.3 is 0 Å². The van der Waals surface area contributed by atoms with E-state index in [0.717, 1.165) is 33.9 Å². The number of aromatic nitrogens is 5. The monoisotopic (exact) mass is 368 g/mol. The van der Waals surface area contributed by atoms with Crippen LogP contribution in [-0.2, 0) is 5.75 Å². The minimum absolute atomic E-state index is 0.140. The Balaban J connectivity index is 1.64. The molecule has 7 nitrogen and oxygen atoms in total. The zero-order valence-electron chi connectivity index (χ0n) is 12.8. The van der Waals surface area contributed by atoms with Crippen molar-refractivity contribution in [3.8, 4) is 0 Å². The van der Waals surface area contributed by atoms with E-state index in [9.17, 15) is 4.79 Å². The van der Waals surface area contributed by atoms with Gasteiger partial charge in [0.25, 0.3) is 5.56 Å². The summed E-state index contributed by atoms with van der Waals surface area (Å²) in [5.41, 5.74) is 0.572. The molecular formula is C13H16N6OS3. The van der Waals surface area contributed by atoms with Gasteiger partial charge in [0.15, 0.2) is 4.34 Å². The molecule has 3 heterocycles. The molecule has 0 spiro atoms. The van der Waals surface area contributed by atoms with Crippen molar-refractivity contribution in [3.63, 3.8) is 0 Å². The van der Waals surface area contributed by atoms with Crippen molar-refractivity contribution in [1.29, 1.82) is 0 Å². The van der Waals surface area contributed by atoms with Crippen LogP contribution in [0.4, 0.5) is 5.13 Å². The first-order chi connectivity index (χ1) is 11.2. The summed E-state index contributed by atoms with van der Waals surface area (Å²) < 4.78 is 2.24. The van der Waals surface area contributed by atoms with Gasteiger partial charge in [0, 0.05) is 18.3 Å². The molecule has 0 unspecified atom stereocenters. The number of unbranched alkanes of at least 4 members (excludes halogenated alkanes) is 1. The van der Waals surface area contributed by atoms with Crippen LogP contribution in [0.5, 0.6) is 0 Å². The fourth-order valence-corrected chi connectivity index (χ4v) is 4.56. The lowest BCUT2D eigenvalue weighted by Gasteiger charge is -1.97. The van der Waals surface area contributed by atoms with Gasteiger partial charge in [0.05, 0.1) is 5.75 Å². The van der Waals surface area contributed by atoms with Gasteiger partial charge in [-0.25, -0.2) is 4.98 Å². The van der Waals surface area contributed by atoms with Gasteiger partial charge in [-0.3, -0.25) is 4.79 Å². The third-order valence-electron chi connectivity index (χ3n) is 2.95. The highest BCUT2D eigenvalue weighted by atomic mass is 32.2. The van der Waals surface area contributed by atoms with Crippen LogP contribution in [0.2, 0.25) is 0 Å². The molecule has 0 saturated carbocycles. The van der Waals surface area contributed by atoms with E-state index in [1.807, 2.05) is 6.92 Å². The number of nitrogens with zero attached hydrogens (tertiary/aromatic N) is 5. The fourth-order valence-electron chi connectivity index (χ4n) is 1.85. The molecule has 0 bridgehead atoms. The normalized spacial score (nSPS) is 11.2. The molecule has 0 aliphatic carbocycles. The summed E-state index contributed by atoms with van der Waals surface area (Å²) in [5, 5.41) is 17.6. The number of aryl methyl sites for hydroxylation is 1. The van der Waals surface area contributed by atoms with Crippen LogP contribution in [0.1, 0.15) is 30.5 Å². The quantitative estimate of drug-likeness (QED) is 0.507. The topological polar surface area (TPSA) is 85.1 Å². The molecule has 3 aromatic heterocycles. The third-order valence-corrected chi connectivity index (χ3v) is 6.06. The minimum Gasteiger partial charge on any atom is -0.360 e. The predicted molar refractivity (Wildman–Crippen MR) is 94.7 cm³/mol. The average molecular weight is 369 g/mol. The number of rotatable bonds is 7. The highest BCUT2D eigenvalue weighted by Crippen LogP contribution is 2.29. The fraction of sp³-hybridized carbons (Fsp3) is 0.462. The lowest BCUT2D eigenvalue weighted by molar-refractivity contribution is 0.830. The third kappa shape index (κ3) is 4.06. The largest absolute Gasteiger partial charge is 0.360 e. The summed E-state index contributed by atoms with van der Waals surface area (Å²) in [5.74, 6) is 0.649. The van der Waals surface area contributed by atoms with E-state index < -0.39 is 0 Å². The van der Waals surface area contributed by atoms with Crippen LogP contribution in [0.3, 0.4) is 0 Å². The molecule has 0 fully saturated rings. The van der Waals surface area contributed by atoms with Crippen molar-refractivity contribution in [3.05, 3.63) is 27.1 Å². The summed E-state index contributed by atoms with van der Waals surface area (Å²) in [6.45, 7) is 4.88. The SMILES string of the molecule is CCCCNc1nnc(SCc2nn3c(=O)cc(C)nc3s2)s1. The second-order valence-electron chi connectivity index (χ2n) is 4.87. The first kappa shape index (κ1) is 16.3. The van der Waals surface area contributed by atoms with Gasteiger partial charge in [0.1, 0.15) is 5.01 Å². The van der Waals surface area contributed by atoms with Crippen molar-refractivity contribution >= 4 is 44.5 Å². The Morgan fingerprint density at radius 1 is 1.35 bits per heavy atom. The molecule has 0 radical (unpaired) electrons. The van der Waals surface area contributed by atoms with E-state index in [-0.39, 0.29) is 5.56 Å². The Bertz CT molecular complexity index is 855. The highest BCUT2D eigenvalue weighted by Gasteiger charge is 2.10. The molecular weight excluding hydrogens is 352 g/mol. The van der Waals surface area contributed by atoms with E-state index in [1.165, 1.54) is 33.3 Å². The Hall–Kier alpha value is -1.52. The maximum absolute atomic E-state index is 11.8. The molecule has 1 N–H and O–H groups in total. The van der Waals surface area contributed by atoms with Crippen LogP contribution in [0, 0.1) is 6.92 Å². The second-order valence-corrected chi connectivity index (χ2v) is 8.11. The maximum Gasteiger partial charge on any atom is 0.275 e. The molecule has 3 rings (SSSR count). The van der Waals surface area contributed by atoms with Crippen molar-refractivity contribution in [2.75, 3.05) is 11.9 Å². The summed E-state index contributed by atoms with van der Waals surface area (Å²) in [6.07, 6.45) is 2.27. The summed E-state index contributed by atoms with van der Waals surface area (Å²) >= 11 is 4.54. The minimum atomic E-state index is -0.140. The summed E-state index contributed by atoms with van der Waals surface area (Å²) in [4.78, 5) is 16.8. The van der Waals surface area contributed by atoms with Crippen LogP contribution >= 0.6 is 34.4 Å². The molecule has 0 saturated heterocycles. The molecule has 0 aliphatic heterocycles. The Morgan fingerprint density at radius 2 is 2.22 bits per heavy atom. The first-order valence-corrected chi connectivity index (χ1v) is 9.84. The number of anilines is 1. The second kappa shape index (κ2) is 7.37. The zero-order chi connectivity index (χ0) is 16.2. The van der Waals surface area contributed by atoms with Gasteiger partial charge in [-0.15, -0.1) is 10.2 Å². The van der Waals surface area contributed by atoms with Gasteiger partial charge in [0.2, 0.25) is 10.1 Å². The van der Waals surface area contributed by atoms with Crippen molar-refractivity contribution in [2.24, 2.45) is 0 Å². The van der Waals surface area contributed by atoms with Gasteiger partial charge < -0.3 is 5.32 Å². The molecule has 0 aliphatic rings. The number of nitrogens with one attached hydrogen (secondary N) is 1. The van der Waals surface area contributed by atoms with E-state index in [2.05, 4.69) is 32.5 Å². The molecule has 0 atom stereocenters. The van der Waals surface area contributed by atoms with Gasteiger partial charge in [-0.1, -0.05) is 47.8 Å². The van der Waals surface area contributed by atoms with Crippen LogP contribution < -0.4 is 10.9 Å². The van der Waals surface area contributed by atoms with Crippen molar-refractivity contribution in [2.45, 2.75) is 36.8 Å². The summed E-state index contributed by atoms with van der Waals surface area (Å²) in [6, 6.07) is 1.49.